The zero-order valence-corrected chi connectivity index (χ0v) is 15.8. The minimum atomic E-state index is -1.39. The van der Waals surface area contributed by atoms with E-state index in [0.717, 1.165) is 0 Å². The molecule has 2 aromatic carbocycles. The largest absolute Gasteiger partial charge is 0.545 e. The molecule has 3 rings (SSSR count). The Labute approximate surface area is 166 Å². The molecule has 0 saturated heterocycles. The van der Waals surface area contributed by atoms with Crippen LogP contribution in [-0.4, -0.2) is 24.6 Å². The highest BCUT2D eigenvalue weighted by atomic mass is 19.1. The fraction of sp³-hybridized carbons (Fsp3) is 0.190. The van der Waals surface area contributed by atoms with Crippen molar-refractivity contribution in [3.8, 4) is 0 Å². The second-order valence-corrected chi connectivity index (χ2v) is 6.33. The number of urea groups is 1. The molecule has 150 valence electrons. The van der Waals surface area contributed by atoms with Crippen molar-refractivity contribution in [3.05, 3.63) is 76.7 Å². The first kappa shape index (κ1) is 20.1. The molecule has 8 heteroatoms. The van der Waals surface area contributed by atoms with E-state index in [1.807, 2.05) is 0 Å². The van der Waals surface area contributed by atoms with Crippen molar-refractivity contribution < 1.29 is 28.6 Å². The Balaban J connectivity index is 2.15. The molecule has 0 bridgehead atoms. The lowest BCUT2D eigenvalue weighted by Gasteiger charge is -2.35. The Kier molecular flexibility index (Phi) is 5.63. The number of hydrogen-bond donors (Lipinski definition) is 1. The predicted molar refractivity (Wildman–Crippen MR) is 100 cm³/mol. The molecule has 0 aliphatic carbocycles. The quantitative estimate of drug-likeness (QED) is 0.781. The summed E-state index contributed by atoms with van der Waals surface area (Å²) in [6.45, 7) is 3.30. The van der Waals surface area contributed by atoms with Crippen molar-refractivity contribution in [2.45, 2.75) is 19.9 Å². The van der Waals surface area contributed by atoms with Crippen LogP contribution in [0.5, 0.6) is 0 Å². The first-order valence-electron chi connectivity index (χ1n) is 8.88. The monoisotopic (exact) mass is 397 g/mol. The van der Waals surface area contributed by atoms with Crippen molar-refractivity contribution in [2.75, 3.05) is 11.5 Å². The van der Waals surface area contributed by atoms with E-state index >= 15 is 0 Å². The molecule has 1 heterocycles. The Hall–Kier alpha value is -3.68. The number of carbonyl (C=O) groups is 3. The predicted octanol–water partition coefficient (Wildman–Crippen LogP) is 2.30. The number of aromatic carboxylic acids is 1. The van der Waals surface area contributed by atoms with Gasteiger partial charge in [-0.2, -0.15) is 0 Å². The SMILES string of the molecule is CCOC(=O)C1=C(C)N(c2cccc(C(=O)[O-])c2)C(=O)N[C@@H]1c1cccc(F)c1. The third-order valence-corrected chi connectivity index (χ3v) is 4.50. The van der Waals surface area contributed by atoms with Crippen LogP contribution in [0.2, 0.25) is 0 Å². The minimum Gasteiger partial charge on any atom is -0.545 e. The number of benzene rings is 2. The molecular weight excluding hydrogens is 379 g/mol. The number of esters is 1. The van der Waals surface area contributed by atoms with Crippen molar-refractivity contribution >= 4 is 23.7 Å². The fourth-order valence-electron chi connectivity index (χ4n) is 3.24. The number of anilines is 1. The summed E-state index contributed by atoms with van der Waals surface area (Å²) in [5.74, 6) is -2.57. The maximum Gasteiger partial charge on any atom is 0.338 e. The van der Waals surface area contributed by atoms with E-state index in [1.165, 1.54) is 47.4 Å². The van der Waals surface area contributed by atoms with Gasteiger partial charge in [0.05, 0.1) is 29.9 Å². The molecule has 0 radical (unpaired) electrons. The number of ether oxygens (including phenoxy) is 1. The van der Waals surface area contributed by atoms with Gasteiger partial charge < -0.3 is 20.0 Å². The fourth-order valence-corrected chi connectivity index (χ4v) is 3.24. The zero-order valence-electron chi connectivity index (χ0n) is 15.8. The number of nitrogens with zero attached hydrogens (tertiary/aromatic N) is 1. The zero-order chi connectivity index (χ0) is 21.1. The Morgan fingerprint density at radius 3 is 2.59 bits per heavy atom. The van der Waals surface area contributed by atoms with Gasteiger partial charge >= 0.3 is 12.0 Å². The number of allylic oxidation sites excluding steroid dienone is 1. The van der Waals surface area contributed by atoms with E-state index < -0.39 is 29.8 Å². The molecule has 0 fully saturated rings. The molecule has 1 N–H and O–H groups in total. The van der Waals surface area contributed by atoms with Gasteiger partial charge in [0.15, 0.2) is 0 Å². The smallest absolute Gasteiger partial charge is 0.338 e. The lowest BCUT2D eigenvalue weighted by Crippen LogP contribution is -2.48. The number of nitrogens with one attached hydrogen (secondary N) is 1. The van der Waals surface area contributed by atoms with Gasteiger partial charge in [0.1, 0.15) is 5.82 Å². The number of carboxylic acids is 1. The molecule has 2 aromatic rings. The van der Waals surface area contributed by atoms with Crippen LogP contribution in [-0.2, 0) is 9.53 Å². The first-order chi connectivity index (χ1) is 13.8. The average molecular weight is 397 g/mol. The van der Waals surface area contributed by atoms with Crippen LogP contribution in [0.25, 0.3) is 0 Å². The number of amides is 2. The van der Waals surface area contributed by atoms with Crippen LogP contribution < -0.4 is 15.3 Å². The Bertz CT molecular complexity index is 1020. The third kappa shape index (κ3) is 3.96. The summed E-state index contributed by atoms with van der Waals surface area (Å²) in [6.07, 6.45) is 0. The lowest BCUT2D eigenvalue weighted by atomic mass is 9.94. The molecule has 0 spiro atoms. The van der Waals surface area contributed by atoms with Gasteiger partial charge in [-0.1, -0.05) is 24.3 Å². The molecule has 0 aromatic heterocycles. The summed E-state index contributed by atoms with van der Waals surface area (Å²) >= 11 is 0. The molecular formula is C21H18FN2O5-. The van der Waals surface area contributed by atoms with Gasteiger partial charge in [-0.3, -0.25) is 4.90 Å². The van der Waals surface area contributed by atoms with Crippen molar-refractivity contribution in [3.63, 3.8) is 0 Å². The molecule has 7 nitrogen and oxygen atoms in total. The van der Waals surface area contributed by atoms with Gasteiger partial charge in [-0.05, 0) is 49.2 Å². The van der Waals surface area contributed by atoms with E-state index in [4.69, 9.17) is 4.74 Å². The highest BCUT2D eigenvalue weighted by Crippen LogP contribution is 2.34. The molecule has 1 aliphatic rings. The van der Waals surface area contributed by atoms with E-state index in [9.17, 15) is 23.9 Å². The normalized spacial score (nSPS) is 16.4. The van der Waals surface area contributed by atoms with Gasteiger partial charge in [0.2, 0.25) is 0 Å². The topological polar surface area (TPSA) is 98.8 Å². The highest BCUT2D eigenvalue weighted by Gasteiger charge is 2.37. The van der Waals surface area contributed by atoms with E-state index in [1.54, 1.807) is 19.9 Å². The Morgan fingerprint density at radius 1 is 1.21 bits per heavy atom. The van der Waals surface area contributed by atoms with Crippen LogP contribution in [0.15, 0.2) is 59.8 Å². The van der Waals surface area contributed by atoms with Crippen LogP contribution in [0.1, 0.15) is 35.8 Å². The van der Waals surface area contributed by atoms with Crippen LogP contribution in [0, 0.1) is 5.82 Å². The van der Waals surface area contributed by atoms with Crippen molar-refractivity contribution in [1.29, 1.82) is 0 Å². The first-order valence-corrected chi connectivity index (χ1v) is 8.88. The van der Waals surface area contributed by atoms with Gasteiger partial charge in [0.25, 0.3) is 0 Å². The van der Waals surface area contributed by atoms with Crippen LogP contribution in [0.3, 0.4) is 0 Å². The molecule has 1 aliphatic heterocycles. The maximum atomic E-state index is 13.7. The third-order valence-electron chi connectivity index (χ3n) is 4.50. The molecule has 29 heavy (non-hydrogen) atoms. The van der Waals surface area contributed by atoms with Gasteiger partial charge in [-0.15, -0.1) is 0 Å². The van der Waals surface area contributed by atoms with Gasteiger partial charge in [-0.25, -0.2) is 14.0 Å². The Morgan fingerprint density at radius 2 is 1.93 bits per heavy atom. The number of hydrogen-bond acceptors (Lipinski definition) is 5. The van der Waals surface area contributed by atoms with Crippen LogP contribution in [0.4, 0.5) is 14.9 Å². The summed E-state index contributed by atoms with van der Waals surface area (Å²) in [4.78, 5) is 37.9. The molecule has 0 unspecified atom stereocenters. The summed E-state index contributed by atoms with van der Waals surface area (Å²) in [7, 11) is 0. The van der Waals surface area contributed by atoms with Crippen molar-refractivity contribution in [2.24, 2.45) is 0 Å². The number of carboxylic acid groups (broad SMARTS) is 1. The second-order valence-electron chi connectivity index (χ2n) is 6.33. The molecule has 2 amide bonds. The maximum absolute atomic E-state index is 13.7. The second kappa shape index (κ2) is 8.14. The molecule has 1 atom stereocenters. The van der Waals surface area contributed by atoms with E-state index in [0.29, 0.717) is 5.56 Å². The standard InChI is InChI=1S/C21H19FN2O5/c1-3-29-20(27)17-12(2)24(16-9-5-7-14(11-16)19(25)26)21(28)23-18(17)13-6-4-8-15(22)10-13/h4-11,18H,3H2,1-2H3,(H,23,28)(H,25,26)/p-1/t18-/m1/s1. The summed E-state index contributed by atoms with van der Waals surface area (Å²) in [5, 5.41) is 13.8. The number of carbonyl (C=O) groups excluding carboxylic acids is 3. The van der Waals surface area contributed by atoms with Crippen molar-refractivity contribution in [1.82, 2.24) is 5.32 Å². The lowest BCUT2D eigenvalue weighted by molar-refractivity contribution is -0.255. The summed E-state index contributed by atoms with van der Waals surface area (Å²) in [5.41, 5.74) is 0.867. The molecule has 0 saturated carbocycles. The van der Waals surface area contributed by atoms with E-state index in [-0.39, 0.29) is 29.1 Å². The minimum absolute atomic E-state index is 0.111. The number of halogens is 1. The van der Waals surface area contributed by atoms with Gasteiger partial charge in [0, 0.05) is 5.70 Å². The summed E-state index contributed by atoms with van der Waals surface area (Å²) < 4.78 is 18.9. The average Bonchev–Trinajstić information content (AvgIpc) is 2.68. The van der Waals surface area contributed by atoms with Crippen LogP contribution >= 0.6 is 0 Å². The summed E-state index contributed by atoms with van der Waals surface area (Å²) in [6, 6.07) is 9.63. The van der Waals surface area contributed by atoms with E-state index in [2.05, 4.69) is 5.32 Å². The number of rotatable bonds is 5. The highest BCUT2D eigenvalue weighted by molar-refractivity contribution is 6.03.